The number of carbonyl (C=O) groups is 1. The molecule has 0 aromatic heterocycles. The number of rotatable bonds is 7. The number of hydrogen-bond donors (Lipinski definition) is 2. The number of hydrogen-bond acceptors (Lipinski definition) is 3. The summed E-state index contributed by atoms with van der Waals surface area (Å²) in [6.07, 6.45) is 1.04. The topological polar surface area (TPSA) is 49.3 Å². The van der Waals surface area contributed by atoms with Crippen molar-refractivity contribution in [3.63, 3.8) is 0 Å². The lowest BCUT2D eigenvalue weighted by Gasteiger charge is -2.13. The lowest BCUT2D eigenvalue weighted by molar-refractivity contribution is -0.137. The first-order valence-corrected chi connectivity index (χ1v) is 5.23. The molecule has 0 aliphatic heterocycles. The molecule has 1 unspecified atom stereocenters. The van der Waals surface area contributed by atoms with Gasteiger partial charge in [-0.25, -0.2) is 0 Å². The van der Waals surface area contributed by atoms with Crippen LogP contribution in [0.25, 0.3) is 0 Å². The van der Waals surface area contributed by atoms with Gasteiger partial charge < -0.3 is 10.4 Å². The summed E-state index contributed by atoms with van der Waals surface area (Å²) in [5.74, 6) is 0.346. The first kappa shape index (κ1) is 11.8. The van der Waals surface area contributed by atoms with Gasteiger partial charge in [-0.1, -0.05) is 6.92 Å². The Kier molecular flexibility index (Phi) is 7.29. The van der Waals surface area contributed by atoms with Crippen molar-refractivity contribution in [1.29, 1.82) is 0 Å². The molecule has 0 rings (SSSR count). The Balaban J connectivity index is 3.54. The van der Waals surface area contributed by atoms with Crippen LogP contribution in [0.4, 0.5) is 0 Å². The maximum absolute atomic E-state index is 10.3. The zero-order chi connectivity index (χ0) is 9.40. The van der Waals surface area contributed by atoms with Gasteiger partial charge in [-0.05, 0) is 19.2 Å². The van der Waals surface area contributed by atoms with Gasteiger partial charge in [0, 0.05) is 18.2 Å². The highest BCUT2D eigenvalue weighted by Crippen LogP contribution is 2.14. The third-order valence-electron chi connectivity index (χ3n) is 1.51. The lowest BCUT2D eigenvalue weighted by Crippen LogP contribution is -2.22. The molecule has 4 heteroatoms. The van der Waals surface area contributed by atoms with E-state index >= 15 is 0 Å². The molecule has 0 aliphatic rings. The van der Waals surface area contributed by atoms with E-state index in [9.17, 15) is 4.79 Å². The van der Waals surface area contributed by atoms with E-state index in [1.165, 1.54) is 0 Å². The van der Waals surface area contributed by atoms with Crippen molar-refractivity contribution >= 4 is 17.7 Å². The van der Waals surface area contributed by atoms with Crippen LogP contribution in [0.1, 0.15) is 19.8 Å². The second kappa shape index (κ2) is 7.43. The third kappa shape index (κ3) is 6.49. The van der Waals surface area contributed by atoms with Gasteiger partial charge in [-0.15, -0.1) is 0 Å². The molecule has 0 saturated heterocycles. The predicted octanol–water partition coefficient (Wildman–Crippen LogP) is 1.19. The van der Waals surface area contributed by atoms with Crippen molar-refractivity contribution in [2.75, 3.05) is 19.3 Å². The minimum Gasteiger partial charge on any atom is -0.481 e. The minimum absolute atomic E-state index is 0.277. The fourth-order valence-electron chi connectivity index (χ4n) is 0.992. The van der Waals surface area contributed by atoms with Crippen molar-refractivity contribution in [2.45, 2.75) is 25.0 Å². The summed E-state index contributed by atoms with van der Waals surface area (Å²) in [7, 11) is 1.89. The second-order valence-corrected chi connectivity index (χ2v) is 4.14. The first-order chi connectivity index (χ1) is 5.70. The lowest BCUT2D eigenvalue weighted by atomic mass is 10.2. The molecule has 72 valence electrons. The van der Waals surface area contributed by atoms with E-state index < -0.39 is 5.97 Å². The zero-order valence-corrected chi connectivity index (χ0v) is 8.49. The van der Waals surface area contributed by atoms with Crippen LogP contribution in [-0.4, -0.2) is 35.7 Å². The van der Waals surface area contributed by atoms with Crippen LogP contribution in [0.5, 0.6) is 0 Å². The molecule has 3 nitrogen and oxygen atoms in total. The van der Waals surface area contributed by atoms with E-state index in [2.05, 4.69) is 12.2 Å². The van der Waals surface area contributed by atoms with Crippen LogP contribution in [0.3, 0.4) is 0 Å². The molecule has 2 N–H and O–H groups in total. The summed E-state index contributed by atoms with van der Waals surface area (Å²) in [5, 5.41) is 12.0. The first-order valence-electron chi connectivity index (χ1n) is 4.18. The summed E-state index contributed by atoms with van der Waals surface area (Å²) in [5.41, 5.74) is 0. The molecule has 0 aromatic rings. The molecule has 0 aliphatic carbocycles. The van der Waals surface area contributed by atoms with Gasteiger partial charge in [0.1, 0.15) is 0 Å². The van der Waals surface area contributed by atoms with Gasteiger partial charge in [-0.2, -0.15) is 11.8 Å². The van der Waals surface area contributed by atoms with E-state index in [0.29, 0.717) is 5.25 Å². The molecule has 0 amide bonds. The summed E-state index contributed by atoms with van der Waals surface area (Å²) < 4.78 is 0. The van der Waals surface area contributed by atoms with E-state index in [1.807, 2.05) is 18.8 Å². The highest BCUT2D eigenvalue weighted by molar-refractivity contribution is 7.99. The van der Waals surface area contributed by atoms with Gasteiger partial charge in [0.25, 0.3) is 0 Å². The molecular weight excluding hydrogens is 174 g/mol. The summed E-state index contributed by atoms with van der Waals surface area (Å²) in [6.45, 7) is 2.99. The summed E-state index contributed by atoms with van der Waals surface area (Å²) >= 11 is 1.82. The molecular formula is C8H17NO2S. The van der Waals surface area contributed by atoms with Crippen LogP contribution in [0.2, 0.25) is 0 Å². The van der Waals surface area contributed by atoms with Crippen molar-refractivity contribution in [2.24, 2.45) is 0 Å². The number of carboxylic acid groups (broad SMARTS) is 1. The molecule has 1 atom stereocenters. The monoisotopic (exact) mass is 191 g/mol. The Morgan fingerprint density at radius 2 is 2.33 bits per heavy atom. The summed E-state index contributed by atoms with van der Waals surface area (Å²) in [4.78, 5) is 10.3. The molecule has 12 heavy (non-hydrogen) atoms. The van der Waals surface area contributed by atoms with Gasteiger partial charge in [0.05, 0.1) is 0 Å². The van der Waals surface area contributed by atoms with Crippen LogP contribution >= 0.6 is 11.8 Å². The van der Waals surface area contributed by atoms with E-state index in [-0.39, 0.29) is 6.42 Å². The maximum Gasteiger partial charge on any atom is 0.303 e. The van der Waals surface area contributed by atoms with Crippen molar-refractivity contribution in [3.05, 3.63) is 0 Å². The Morgan fingerprint density at radius 1 is 1.67 bits per heavy atom. The van der Waals surface area contributed by atoms with E-state index in [1.54, 1.807) is 0 Å². The molecule has 0 bridgehead atoms. The van der Waals surface area contributed by atoms with E-state index in [0.717, 1.165) is 18.7 Å². The molecule has 0 saturated carbocycles. The predicted molar refractivity (Wildman–Crippen MR) is 52.7 cm³/mol. The van der Waals surface area contributed by atoms with Crippen molar-refractivity contribution in [3.8, 4) is 0 Å². The normalized spacial score (nSPS) is 12.8. The Morgan fingerprint density at radius 3 is 2.75 bits per heavy atom. The second-order valence-electron chi connectivity index (χ2n) is 2.57. The number of aliphatic carboxylic acids is 1. The van der Waals surface area contributed by atoms with Gasteiger partial charge >= 0.3 is 5.97 Å². The largest absolute Gasteiger partial charge is 0.481 e. The fraction of sp³-hybridized carbons (Fsp3) is 0.875. The van der Waals surface area contributed by atoms with Gasteiger partial charge in [-0.3, -0.25) is 4.79 Å². The van der Waals surface area contributed by atoms with Crippen molar-refractivity contribution < 1.29 is 9.90 Å². The number of carboxylic acids is 1. The Labute approximate surface area is 77.9 Å². The standard InChI is InChI=1S/C8H17NO2S/c1-3-12-7(6-9-2)4-5-8(10)11/h7,9H,3-6H2,1-2H3,(H,10,11). The zero-order valence-electron chi connectivity index (χ0n) is 7.67. The van der Waals surface area contributed by atoms with Crippen LogP contribution < -0.4 is 5.32 Å². The average Bonchev–Trinajstić information content (AvgIpc) is 2.01. The van der Waals surface area contributed by atoms with Crippen LogP contribution in [-0.2, 0) is 4.79 Å². The third-order valence-corrected chi connectivity index (χ3v) is 2.72. The Hall–Kier alpha value is -0.220. The number of nitrogens with one attached hydrogen (secondary N) is 1. The SMILES string of the molecule is CCSC(CCC(=O)O)CNC. The van der Waals surface area contributed by atoms with Gasteiger partial charge in [0.2, 0.25) is 0 Å². The highest BCUT2D eigenvalue weighted by Gasteiger charge is 2.08. The quantitative estimate of drug-likeness (QED) is 0.634. The van der Waals surface area contributed by atoms with E-state index in [4.69, 9.17) is 5.11 Å². The molecule has 0 spiro atoms. The Bertz CT molecular complexity index is 124. The smallest absolute Gasteiger partial charge is 0.303 e. The average molecular weight is 191 g/mol. The van der Waals surface area contributed by atoms with Crippen LogP contribution in [0, 0.1) is 0 Å². The summed E-state index contributed by atoms with van der Waals surface area (Å²) in [6, 6.07) is 0. The van der Waals surface area contributed by atoms with Crippen LogP contribution in [0.15, 0.2) is 0 Å². The number of thioether (sulfide) groups is 1. The fourth-order valence-corrected chi connectivity index (χ4v) is 2.03. The molecule has 0 heterocycles. The van der Waals surface area contributed by atoms with Crippen molar-refractivity contribution in [1.82, 2.24) is 5.32 Å². The minimum atomic E-state index is -0.701. The maximum atomic E-state index is 10.3. The van der Waals surface area contributed by atoms with Gasteiger partial charge in [0.15, 0.2) is 0 Å². The molecule has 0 fully saturated rings. The molecule has 0 aromatic carbocycles. The molecule has 0 radical (unpaired) electrons. The highest BCUT2D eigenvalue weighted by atomic mass is 32.2.